The van der Waals surface area contributed by atoms with E-state index in [0.717, 1.165) is 0 Å². The van der Waals surface area contributed by atoms with Crippen molar-refractivity contribution in [1.29, 1.82) is 0 Å². The Labute approximate surface area is 123 Å². The number of hydrogen-bond donors (Lipinski definition) is 1. The fraction of sp³-hybridized carbons (Fsp3) is 0.176. The number of ether oxygens (including phenoxy) is 1. The Kier molecular flexibility index (Phi) is 5.10. The van der Waals surface area contributed by atoms with Crippen LogP contribution in [0.4, 0.5) is 0 Å². The Bertz CT molecular complexity index is 596. The molecule has 1 unspecified atom stereocenters. The summed E-state index contributed by atoms with van der Waals surface area (Å²) in [7, 11) is 0. The highest BCUT2D eigenvalue weighted by atomic mass is 16.5. The highest BCUT2D eigenvalue weighted by Crippen LogP contribution is 2.02. The average Bonchev–Trinajstić information content (AvgIpc) is 2.54. The van der Waals surface area contributed by atoms with Gasteiger partial charge in [0, 0.05) is 5.56 Å². The predicted octanol–water partition coefficient (Wildman–Crippen LogP) is 2.66. The lowest BCUT2D eigenvalue weighted by Crippen LogP contribution is -2.36. The Hall–Kier alpha value is -2.62. The summed E-state index contributed by atoms with van der Waals surface area (Å²) >= 11 is 0. The van der Waals surface area contributed by atoms with Crippen molar-refractivity contribution >= 4 is 11.9 Å². The summed E-state index contributed by atoms with van der Waals surface area (Å²) in [6.45, 7) is 1.92. The summed E-state index contributed by atoms with van der Waals surface area (Å²) in [6.07, 6.45) is 0. The lowest BCUT2D eigenvalue weighted by atomic mass is 10.2. The lowest BCUT2D eigenvalue weighted by molar-refractivity contribution is 0.0465. The number of carbonyl (C=O) groups is 2. The summed E-state index contributed by atoms with van der Waals surface area (Å²) in [5.74, 6) is -0.574. The van der Waals surface area contributed by atoms with Crippen LogP contribution in [0.25, 0.3) is 0 Å². The van der Waals surface area contributed by atoms with Crippen LogP contribution in [0.1, 0.15) is 27.6 Å². The smallest absolute Gasteiger partial charge is 0.338 e. The molecule has 2 aromatic rings. The molecule has 4 heteroatoms. The summed E-state index contributed by atoms with van der Waals surface area (Å²) in [6, 6.07) is 17.4. The van der Waals surface area contributed by atoms with Crippen LogP contribution in [0.5, 0.6) is 0 Å². The van der Waals surface area contributed by atoms with Crippen molar-refractivity contribution in [2.45, 2.75) is 13.0 Å². The van der Waals surface area contributed by atoms with Crippen LogP contribution in [0.3, 0.4) is 0 Å². The second kappa shape index (κ2) is 7.24. The van der Waals surface area contributed by atoms with Crippen LogP contribution in [0, 0.1) is 0 Å². The van der Waals surface area contributed by atoms with Gasteiger partial charge in [-0.1, -0.05) is 36.4 Å². The van der Waals surface area contributed by atoms with E-state index >= 15 is 0 Å². The number of carbonyl (C=O) groups excluding carboxylic acids is 2. The topological polar surface area (TPSA) is 55.4 Å². The molecule has 2 aromatic carbocycles. The Balaban J connectivity index is 1.81. The largest absolute Gasteiger partial charge is 0.460 e. The zero-order valence-electron chi connectivity index (χ0n) is 11.8. The summed E-state index contributed by atoms with van der Waals surface area (Å²) in [4.78, 5) is 23.7. The highest BCUT2D eigenvalue weighted by Gasteiger charge is 2.12. The van der Waals surface area contributed by atoms with Gasteiger partial charge in [-0.2, -0.15) is 0 Å². The fourth-order valence-corrected chi connectivity index (χ4v) is 1.80. The molecule has 108 valence electrons. The van der Waals surface area contributed by atoms with Crippen LogP contribution < -0.4 is 5.32 Å². The standard InChI is InChI=1S/C17H17NO3/c1-13(18-16(19)14-8-4-2-5-9-14)12-21-17(20)15-10-6-3-7-11-15/h2-11,13H,12H2,1H3,(H,18,19). The number of hydrogen-bond acceptors (Lipinski definition) is 3. The minimum absolute atomic E-state index is 0.131. The molecule has 0 aromatic heterocycles. The van der Waals surface area contributed by atoms with Crippen LogP contribution in [-0.2, 0) is 4.74 Å². The quantitative estimate of drug-likeness (QED) is 0.858. The first-order valence-corrected chi connectivity index (χ1v) is 6.75. The van der Waals surface area contributed by atoms with E-state index in [2.05, 4.69) is 5.32 Å². The minimum Gasteiger partial charge on any atom is -0.460 e. The van der Waals surface area contributed by atoms with E-state index in [1.54, 1.807) is 55.5 Å². The minimum atomic E-state index is -0.392. The predicted molar refractivity (Wildman–Crippen MR) is 80.1 cm³/mol. The molecule has 1 atom stereocenters. The zero-order chi connectivity index (χ0) is 15.1. The summed E-state index contributed by atoms with van der Waals surface area (Å²) < 4.78 is 5.17. The maximum Gasteiger partial charge on any atom is 0.338 e. The Morgan fingerprint density at radius 1 is 0.952 bits per heavy atom. The molecule has 0 fully saturated rings. The maximum atomic E-state index is 11.9. The van der Waals surface area contributed by atoms with E-state index in [-0.39, 0.29) is 18.6 Å². The molecule has 0 aliphatic carbocycles. The second-order valence-corrected chi connectivity index (χ2v) is 4.71. The van der Waals surface area contributed by atoms with Crippen LogP contribution in [0.15, 0.2) is 60.7 Å². The Morgan fingerprint density at radius 2 is 1.48 bits per heavy atom. The number of nitrogens with one attached hydrogen (secondary N) is 1. The molecule has 2 rings (SSSR count). The van der Waals surface area contributed by atoms with E-state index in [9.17, 15) is 9.59 Å². The van der Waals surface area contributed by atoms with E-state index < -0.39 is 5.97 Å². The Morgan fingerprint density at radius 3 is 2.05 bits per heavy atom. The van der Waals surface area contributed by atoms with Crippen molar-refractivity contribution in [2.75, 3.05) is 6.61 Å². The molecule has 4 nitrogen and oxygen atoms in total. The molecule has 0 aliphatic rings. The molecule has 0 aliphatic heterocycles. The molecule has 0 saturated carbocycles. The lowest BCUT2D eigenvalue weighted by Gasteiger charge is -2.14. The molecule has 0 radical (unpaired) electrons. The highest BCUT2D eigenvalue weighted by molar-refractivity contribution is 5.94. The van der Waals surface area contributed by atoms with E-state index in [0.29, 0.717) is 11.1 Å². The number of amides is 1. The molecule has 1 N–H and O–H groups in total. The first-order valence-electron chi connectivity index (χ1n) is 6.75. The monoisotopic (exact) mass is 283 g/mol. The van der Waals surface area contributed by atoms with Gasteiger partial charge < -0.3 is 10.1 Å². The number of rotatable bonds is 5. The van der Waals surface area contributed by atoms with Crippen molar-refractivity contribution in [3.63, 3.8) is 0 Å². The normalized spacial score (nSPS) is 11.5. The first-order chi connectivity index (χ1) is 10.2. The third kappa shape index (κ3) is 4.45. The van der Waals surface area contributed by atoms with E-state index in [1.165, 1.54) is 0 Å². The maximum absolute atomic E-state index is 11.9. The van der Waals surface area contributed by atoms with Crippen molar-refractivity contribution in [1.82, 2.24) is 5.32 Å². The fourth-order valence-electron chi connectivity index (χ4n) is 1.80. The summed E-state index contributed by atoms with van der Waals surface area (Å²) in [5.41, 5.74) is 1.08. The number of esters is 1. The van der Waals surface area contributed by atoms with Gasteiger partial charge >= 0.3 is 5.97 Å². The van der Waals surface area contributed by atoms with Crippen molar-refractivity contribution in [3.05, 3.63) is 71.8 Å². The van der Waals surface area contributed by atoms with E-state index in [1.807, 2.05) is 12.1 Å². The molecule has 0 spiro atoms. The molecule has 0 bridgehead atoms. The molecule has 0 saturated heterocycles. The van der Waals surface area contributed by atoms with Gasteiger partial charge in [0.05, 0.1) is 11.6 Å². The van der Waals surface area contributed by atoms with Gasteiger partial charge in [0.2, 0.25) is 0 Å². The second-order valence-electron chi connectivity index (χ2n) is 4.71. The molecule has 0 heterocycles. The van der Waals surface area contributed by atoms with Crippen LogP contribution in [-0.4, -0.2) is 24.5 Å². The van der Waals surface area contributed by atoms with Gasteiger partial charge in [-0.3, -0.25) is 4.79 Å². The molecule has 1 amide bonds. The van der Waals surface area contributed by atoms with Crippen LogP contribution >= 0.6 is 0 Å². The first kappa shape index (κ1) is 14.8. The van der Waals surface area contributed by atoms with Gasteiger partial charge in [-0.05, 0) is 31.2 Å². The third-order valence-corrected chi connectivity index (χ3v) is 2.89. The van der Waals surface area contributed by atoms with Gasteiger partial charge in [0.1, 0.15) is 6.61 Å². The number of benzene rings is 2. The average molecular weight is 283 g/mol. The molecular formula is C17H17NO3. The zero-order valence-corrected chi connectivity index (χ0v) is 11.8. The van der Waals surface area contributed by atoms with E-state index in [4.69, 9.17) is 4.74 Å². The van der Waals surface area contributed by atoms with Gasteiger partial charge in [0.15, 0.2) is 0 Å². The third-order valence-electron chi connectivity index (χ3n) is 2.89. The molecular weight excluding hydrogens is 266 g/mol. The van der Waals surface area contributed by atoms with Gasteiger partial charge in [0.25, 0.3) is 5.91 Å². The SMILES string of the molecule is CC(COC(=O)c1ccccc1)NC(=O)c1ccccc1. The van der Waals surface area contributed by atoms with Gasteiger partial charge in [-0.15, -0.1) is 0 Å². The van der Waals surface area contributed by atoms with Crippen molar-refractivity contribution < 1.29 is 14.3 Å². The summed E-state index contributed by atoms with van der Waals surface area (Å²) in [5, 5.41) is 2.79. The van der Waals surface area contributed by atoms with Crippen molar-refractivity contribution in [3.8, 4) is 0 Å². The van der Waals surface area contributed by atoms with Crippen LogP contribution in [0.2, 0.25) is 0 Å². The van der Waals surface area contributed by atoms with Gasteiger partial charge in [-0.25, -0.2) is 4.79 Å². The molecule has 21 heavy (non-hydrogen) atoms. The van der Waals surface area contributed by atoms with Crippen molar-refractivity contribution in [2.24, 2.45) is 0 Å².